The Labute approximate surface area is 135 Å². The summed E-state index contributed by atoms with van der Waals surface area (Å²) in [5, 5.41) is 16.8. The monoisotopic (exact) mass is 319 g/mol. The molecule has 0 fully saturated rings. The summed E-state index contributed by atoms with van der Waals surface area (Å²) in [4.78, 5) is 12.2. The van der Waals surface area contributed by atoms with E-state index in [1.807, 2.05) is 6.92 Å². The number of aromatic nitrogens is 2. The smallest absolute Gasteiger partial charge is 0.254 e. The maximum absolute atomic E-state index is 13.6. The average molecular weight is 319 g/mol. The first kappa shape index (κ1) is 17.1. The second kappa shape index (κ2) is 7.37. The van der Waals surface area contributed by atoms with Gasteiger partial charge in [0.1, 0.15) is 5.82 Å². The van der Waals surface area contributed by atoms with E-state index in [1.54, 1.807) is 16.8 Å². The van der Waals surface area contributed by atoms with Crippen LogP contribution in [0, 0.1) is 18.7 Å². The molecule has 1 unspecified atom stereocenters. The Morgan fingerprint density at radius 1 is 1.39 bits per heavy atom. The van der Waals surface area contributed by atoms with Crippen LogP contribution in [0.3, 0.4) is 0 Å². The van der Waals surface area contributed by atoms with Gasteiger partial charge in [-0.3, -0.25) is 9.48 Å². The Bertz CT molecular complexity index is 682. The van der Waals surface area contributed by atoms with E-state index >= 15 is 0 Å². The Balaban J connectivity index is 2.00. The van der Waals surface area contributed by atoms with Crippen molar-refractivity contribution in [3.05, 3.63) is 53.1 Å². The predicted octanol–water partition coefficient (Wildman–Crippen LogP) is 2.45. The highest BCUT2D eigenvalue weighted by Crippen LogP contribution is 2.16. The number of carbonyl (C=O) groups excluding carboxylic acids is 1. The highest BCUT2D eigenvalue weighted by atomic mass is 19.1. The topological polar surface area (TPSA) is 67.2 Å². The first-order valence-electron chi connectivity index (χ1n) is 7.63. The first-order valence-corrected chi connectivity index (χ1v) is 7.63. The molecule has 0 saturated carbocycles. The molecule has 5 nitrogen and oxygen atoms in total. The van der Waals surface area contributed by atoms with Gasteiger partial charge in [-0.25, -0.2) is 4.39 Å². The molecule has 1 heterocycles. The molecule has 1 amide bonds. The lowest BCUT2D eigenvalue weighted by Crippen LogP contribution is -2.29. The third-order valence-corrected chi connectivity index (χ3v) is 3.61. The number of benzene rings is 1. The summed E-state index contributed by atoms with van der Waals surface area (Å²) in [5.74, 6) is -0.393. The molecular formula is C17H22FN3O2. The number of aliphatic hydroxyl groups excluding tert-OH is 1. The van der Waals surface area contributed by atoms with Gasteiger partial charge in [0, 0.05) is 24.3 Å². The molecule has 124 valence electrons. The molecule has 0 aliphatic rings. The van der Waals surface area contributed by atoms with E-state index in [2.05, 4.69) is 24.3 Å². The van der Waals surface area contributed by atoms with Crippen molar-refractivity contribution in [2.45, 2.75) is 33.4 Å². The number of aliphatic hydroxyl groups is 1. The standard InChI is InChI=1S/C17H22FN3O2/c1-11(2)10-21-12(3)14(8-20-21)17(23)19-9-16(22)13-6-4-5-7-15(13)18/h4-8,11,16,22H,9-10H2,1-3H3,(H,19,23). The van der Waals surface area contributed by atoms with Crippen molar-refractivity contribution in [3.8, 4) is 0 Å². The Morgan fingerprint density at radius 3 is 2.74 bits per heavy atom. The molecule has 1 aromatic carbocycles. The lowest BCUT2D eigenvalue weighted by atomic mass is 10.1. The van der Waals surface area contributed by atoms with Crippen molar-refractivity contribution in [2.24, 2.45) is 5.92 Å². The minimum Gasteiger partial charge on any atom is -0.386 e. The summed E-state index contributed by atoms with van der Waals surface area (Å²) < 4.78 is 15.4. The summed E-state index contributed by atoms with van der Waals surface area (Å²) in [5.41, 5.74) is 1.41. The van der Waals surface area contributed by atoms with Crippen LogP contribution in [0.5, 0.6) is 0 Å². The van der Waals surface area contributed by atoms with Crippen LogP contribution in [0.15, 0.2) is 30.5 Å². The molecular weight excluding hydrogens is 297 g/mol. The van der Waals surface area contributed by atoms with E-state index in [9.17, 15) is 14.3 Å². The maximum atomic E-state index is 13.6. The lowest BCUT2D eigenvalue weighted by Gasteiger charge is -2.13. The third kappa shape index (κ3) is 4.16. The zero-order valence-electron chi connectivity index (χ0n) is 13.6. The molecule has 0 bridgehead atoms. The first-order chi connectivity index (χ1) is 10.9. The van der Waals surface area contributed by atoms with Crippen molar-refractivity contribution >= 4 is 5.91 Å². The van der Waals surface area contributed by atoms with Gasteiger partial charge in [-0.15, -0.1) is 0 Å². The molecule has 2 rings (SSSR count). The minimum atomic E-state index is -1.09. The van der Waals surface area contributed by atoms with E-state index in [4.69, 9.17) is 0 Å². The van der Waals surface area contributed by atoms with Gasteiger partial charge in [-0.05, 0) is 18.9 Å². The number of hydrogen-bond acceptors (Lipinski definition) is 3. The Hall–Kier alpha value is -2.21. The van der Waals surface area contributed by atoms with Crippen LogP contribution in [0.25, 0.3) is 0 Å². The molecule has 0 spiro atoms. The van der Waals surface area contributed by atoms with E-state index in [0.29, 0.717) is 11.5 Å². The Morgan fingerprint density at radius 2 is 2.09 bits per heavy atom. The summed E-state index contributed by atoms with van der Waals surface area (Å²) in [6.45, 7) is 6.65. The van der Waals surface area contributed by atoms with Crippen LogP contribution in [-0.2, 0) is 6.54 Å². The van der Waals surface area contributed by atoms with Gasteiger partial charge >= 0.3 is 0 Å². The number of hydrogen-bond donors (Lipinski definition) is 2. The maximum Gasteiger partial charge on any atom is 0.254 e. The molecule has 0 aliphatic heterocycles. The second-order valence-electron chi connectivity index (χ2n) is 5.97. The molecule has 0 aliphatic carbocycles. The van der Waals surface area contributed by atoms with Crippen LogP contribution in [0.2, 0.25) is 0 Å². The van der Waals surface area contributed by atoms with Gasteiger partial charge in [0.2, 0.25) is 0 Å². The zero-order valence-corrected chi connectivity index (χ0v) is 13.6. The van der Waals surface area contributed by atoms with Gasteiger partial charge < -0.3 is 10.4 Å². The van der Waals surface area contributed by atoms with Crippen molar-refractivity contribution in [1.29, 1.82) is 0 Å². The van der Waals surface area contributed by atoms with Crippen molar-refractivity contribution in [2.75, 3.05) is 6.54 Å². The highest BCUT2D eigenvalue weighted by molar-refractivity contribution is 5.95. The molecule has 0 radical (unpaired) electrons. The number of rotatable bonds is 6. The average Bonchev–Trinajstić information content (AvgIpc) is 2.85. The fourth-order valence-corrected chi connectivity index (χ4v) is 2.34. The number of nitrogens with one attached hydrogen (secondary N) is 1. The summed E-state index contributed by atoms with van der Waals surface area (Å²) in [6, 6.07) is 5.97. The fraction of sp³-hybridized carbons (Fsp3) is 0.412. The quantitative estimate of drug-likeness (QED) is 0.859. The van der Waals surface area contributed by atoms with Crippen molar-refractivity contribution in [1.82, 2.24) is 15.1 Å². The van der Waals surface area contributed by atoms with Crippen molar-refractivity contribution in [3.63, 3.8) is 0 Å². The van der Waals surface area contributed by atoms with Crippen molar-refractivity contribution < 1.29 is 14.3 Å². The van der Waals surface area contributed by atoms with Crippen LogP contribution >= 0.6 is 0 Å². The van der Waals surface area contributed by atoms with Gasteiger partial charge in [0.15, 0.2) is 0 Å². The van der Waals surface area contributed by atoms with Gasteiger partial charge in [0.25, 0.3) is 5.91 Å². The molecule has 6 heteroatoms. The summed E-state index contributed by atoms with van der Waals surface area (Å²) >= 11 is 0. The second-order valence-corrected chi connectivity index (χ2v) is 5.97. The fourth-order valence-electron chi connectivity index (χ4n) is 2.34. The van der Waals surface area contributed by atoms with Gasteiger partial charge in [-0.2, -0.15) is 5.10 Å². The van der Waals surface area contributed by atoms with Gasteiger partial charge in [0.05, 0.1) is 17.9 Å². The minimum absolute atomic E-state index is 0.0609. The van der Waals surface area contributed by atoms with Crippen LogP contribution < -0.4 is 5.32 Å². The summed E-state index contributed by atoms with van der Waals surface area (Å²) in [7, 11) is 0. The van der Waals surface area contributed by atoms with Crippen LogP contribution in [0.4, 0.5) is 4.39 Å². The molecule has 2 aromatic rings. The number of amides is 1. The number of halogens is 1. The van der Waals surface area contributed by atoms with Gasteiger partial charge in [-0.1, -0.05) is 32.0 Å². The van der Waals surface area contributed by atoms with Crippen LogP contribution in [-0.4, -0.2) is 27.3 Å². The molecule has 2 N–H and O–H groups in total. The molecule has 1 atom stereocenters. The number of carbonyl (C=O) groups is 1. The molecule has 1 aromatic heterocycles. The third-order valence-electron chi connectivity index (χ3n) is 3.61. The normalized spacial score (nSPS) is 12.4. The highest BCUT2D eigenvalue weighted by Gasteiger charge is 2.17. The zero-order chi connectivity index (χ0) is 17.0. The summed E-state index contributed by atoms with van der Waals surface area (Å²) in [6.07, 6.45) is 0.425. The van der Waals surface area contributed by atoms with E-state index in [-0.39, 0.29) is 18.0 Å². The SMILES string of the molecule is Cc1c(C(=O)NCC(O)c2ccccc2F)cnn1CC(C)C. The van der Waals surface area contributed by atoms with E-state index < -0.39 is 11.9 Å². The molecule has 23 heavy (non-hydrogen) atoms. The number of nitrogens with zero attached hydrogens (tertiary/aromatic N) is 2. The molecule has 0 saturated heterocycles. The van der Waals surface area contributed by atoms with Crippen LogP contribution in [0.1, 0.15) is 41.6 Å². The predicted molar refractivity (Wildman–Crippen MR) is 85.5 cm³/mol. The van der Waals surface area contributed by atoms with E-state index in [0.717, 1.165) is 12.2 Å². The largest absolute Gasteiger partial charge is 0.386 e. The van der Waals surface area contributed by atoms with E-state index in [1.165, 1.54) is 18.3 Å². The lowest BCUT2D eigenvalue weighted by molar-refractivity contribution is 0.0913. The Kier molecular flexibility index (Phi) is 5.50.